The van der Waals surface area contributed by atoms with Gasteiger partial charge in [-0.15, -0.1) is 0 Å². The zero-order valence-electron chi connectivity index (χ0n) is 16.7. The molecule has 0 amide bonds. The van der Waals surface area contributed by atoms with Crippen LogP contribution in [0.1, 0.15) is 13.8 Å². The fraction of sp³-hybridized carbons (Fsp3) is 0.476. The summed E-state index contributed by atoms with van der Waals surface area (Å²) in [5.41, 5.74) is 2.81. The Morgan fingerprint density at radius 3 is 2.48 bits per heavy atom. The number of hydrogen-bond acceptors (Lipinski definition) is 8. The van der Waals surface area contributed by atoms with Gasteiger partial charge in [-0.05, 0) is 37.4 Å². The van der Waals surface area contributed by atoms with Gasteiger partial charge in [-0.3, -0.25) is 0 Å². The molecule has 0 aliphatic carbocycles. The molecule has 152 valence electrons. The smallest absolute Gasteiger partial charge is 0.229 e. The van der Waals surface area contributed by atoms with Crippen molar-refractivity contribution in [3.8, 4) is 11.3 Å². The molecule has 3 aromatic rings. The molecule has 0 saturated carbocycles. The Hall–Kier alpha value is -2.29. The molecule has 2 aliphatic heterocycles. The molecule has 5 heterocycles. The minimum atomic E-state index is 0.148. The Bertz CT molecular complexity index is 980. The van der Waals surface area contributed by atoms with Crippen LogP contribution in [-0.4, -0.2) is 66.6 Å². The van der Waals surface area contributed by atoms with E-state index in [4.69, 9.17) is 24.4 Å². The fourth-order valence-corrected chi connectivity index (χ4v) is 4.70. The van der Waals surface area contributed by atoms with E-state index in [0.717, 1.165) is 60.2 Å². The molecule has 8 heteroatoms. The highest BCUT2D eigenvalue weighted by molar-refractivity contribution is 7.08. The number of anilines is 2. The minimum Gasteiger partial charge on any atom is -0.378 e. The van der Waals surface area contributed by atoms with Crippen LogP contribution in [0.15, 0.2) is 29.0 Å². The number of fused-ring (bicyclic) bond motifs is 1. The largest absolute Gasteiger partial charge is 0.378 e. The molecular formula is C21H25N5O2S. The summed E-state index contributed by atoms with van der Waals surface area (Å²) in [6.45, 7) is 8.84. The number of nitrogens with zero attached hydrogens (tertiary/aromatic N) is 5. The highest BCUT2D eigenvalue weighted by atomic mass is 32.1. The Balaban J connectivity index is 1.62. The molecule has 0 bridgehead atoms. The lowest BCUT2D eigenvalue weighted by Gasteiger charge is -2.36. The topological polar surface area (TPSA) is 63.6 Å². The van der Waals surface area contributed by atoms with Gasteiger partial charge in [0.1, 0.15) is 5.82 Å². The highest BCUT2D eigenvalue weighted by Gasteiger charge is 2.26. The third-order valence-electron chi connectivity index (χ3n) is 5.36. The Labute approximate surface area is 174 Å². The molecule has 0 N–H and O–H groups in total. The second-order valence-corrected chi connectivity index (χ2v) is 8.47. The number of thiophene rings is 1. The van der Waals surface area contributed by atoms with Crippen LogP contribution in [0.5, 0.6) is 0 Å². The van der Waals surface area contributed by atoms with Crippen molar-refractivity contribution in [2.45, 2.75) is 26.1 Å². The molecule has 3 aromatic heterocycles. The van der Waals surface area contributed by atoms with E-state index in [1.807, 2.05) is 0 Å². The van der Waals surface area contributed by atoms with E-state index in [0.29, 0.717) is 13.2 Å². The van der Waals surface area contributed by atoms with Crippen LogP contribution in [0.2, 0.25) is 0 Å². The molecule has 0 radical (unpaired) electrons. The van der Waals surface area contributed by atoms with Gasteiger partial charge >= 0.3 is 0 Å². The van der Waals surface area contributed by atoms with Gasteiger partial charge in [0.25, 0.3) is 0 Å². The molecule has 2 aliphatic rings. The maximum absolute atomic E-state index is 5.90. The first-order valence-corrected chi connectivity index (χ1v) is 11.1. The maximum atomic E-state index is 5.90. The minimum absolute atomic E-state index is 0.148. The second-order valence-electron chi connectivity index (χ2n) is 7.69. The van der Waals surface area contributed by atoms with Gasteiger partial charge in [-0.1, -0.05) is 0 Å². The fourth-order valence-electron chi connectivity index (χ4n) is 4.05. The number of pyridine rings is 1. The molecule has 0 aromatic carbocycles. The van der Waals surface area contributed by atoms with Gasteiger partial charge in [-0.2, -0.15) is 21.3 Å². The van der Waals surface area contributed by atoms with Gasteiger partial charge in [0.2, 0.25) is 5.95 Å². The lowest BCUT2D eigenvalue weighted by atomic mass is 10.2. The van der Waals surface area contributed by atoms with Crippen LogP contribution in [0.3, 0.4) is 0 Å². The monoisotopic (exact) mass is 411 g/mol. The quantitative estimate of drug-likeness (QED) is 0.656. The summed E-state index contributed by atoms with van der Waals surface area (Å²) in [5, 5.41) is 5.18. The Kier molecular flexibility index (Phi) is 5.07. The second kappa shape index (κ2) is 7.85. The van der Waals surface area contributed by atoms with E-state index >= 15 is 0 Å². The summed E-state index contributed by atoms with van der Waals surface area (Å²) >= 11 is 1.68. The van der Waals surface area contributed by atoms with Crippen LogP contribution in [0.25, 0.3) is 22.3 Å². The van der Waals surface area contributed by atoms with E-state index in [1.54, 1.807) is 11.3 Å². The molecule has 29 heavy (non-hydrogen) atoms. The Morgan fingerprint density at radius 1 is 0.966 bits per heavy atom. The van der Waals surface area contributed by atoms with Gasteiger partial charge in [-0.25, -0.2) is 4.98 Å². The third-order valence-corrected chi connectivity index (χ3v) is 6.04. The standard InChI is InChI=1S/C21H25N5O2S/c1-14-11-26(12-15(2)28-14)21-23-19-17(20(24-21)25-6-8-27-9-7-25)3-4-18(22-19)16-5-10-29-13-16/h3-5,10,13-15H,6-9,11-12H2,1-2H3/t14-,15+. The Morgan fingerprint density at radius 2 is 1.76 bits per heavy atom. The summed E-state index contributed by atoms with van der Waals surface area (Å²) < 4.78 is 11.5. The van der Waals surface area contributed by atoms with Crippen LogP contribution in [0, 0.1) is 0 Å². The van der Waals surface area contributed by atoms with E-state index in [9.17, 15) is 0 Å². The van der Waals surface area contributed by atoms with Crippen LogP contribution < -0.4 is 9.80 Å². The zero-order valence-corrected chi connectivity index (χ0v) is 17.6. The van der Waals surface area contributed by atoms with Gasteiger partial charge < -0.3 is 19.3 Å². The van der Waals surface area contributed by atoms with Crippen molar-refractivity contribution >= 4 is 34.1 Å². The third kappa shape index (κ3) is 3.80. The van der Waals surface area contributed by atoms with Crippen molar-refractivity contribution in [2.24, 2.45) is 0 Å². The lowest BCUT2D eigenvalue weighted by Crippen LogP contribution is -2.46. The van der Waals surface area contributed by atoms with Crippen LogP contribution in [-0.2, 0) is 9.47 Å². The molecule has 2 saturated heterocycles. The average Bonchev–Trinajstić information content (AvgIpc) is 3.27. The highest BCUT2D eigenvalue weighted by Crippen LogP contribution is 2.30. The molecule has 0 unspecified atom stereocenters. The summed E-state index contributed by atoms with van der Waals surface area (Å²) in [6, 6.07) is 6.26. The van der Waals surface area contributed by atoms with Gasteiger partial charge in [0.05, 0.1) is 36.5 Å². The first-order chi connectivity index (χ1) is 14.2. The molecule has 0 spiro atoms. The SMILES string of the molecule is C[C@@H]1CN(c2nc(N3CCOCC3)c3ccc(-c4ccsc4)nc3n2)C[C@H](C)O1. The van der Waals surface area contributed by atoms with E-state index in [2.05, 4.69) is 52.6 Å². The molecule has 2 atom stereocenters. The van der Waals surface area contributed by atoms with Crippen LogP contribution >= 0.6 is 11.3 Å². The van der Waals surface area contributed by atoms with E-state index in [-0.39, 0.29) is 12.2 Å². The molecule has 5 rings (SSSR count). The van der Waals surface area contributed by atoms with E-state index in [1.165, 1.54) is 0 Å². The van der Waals surface area contributed by atoms with Crippen molar-refractivity contribution < 1.29 is 9.47 Å². The predicted molar refractivity (Wildman–Crippen MR) is 116 cm³/mol. The number of aromatic nitrogens is 3. The molecular weight excluding hydrogens is 386 g/mol. The van der Waals surface area contributed by atoms with Crippen molar-refractivity contribution in [3.05, 3.63) is 29.0 Å². The van der Waals surface area contributed by atoms with Crippen molar-refractivity contribution in [1.82, 2.24) is 15.0 Å². The number of hydrogen-bond donors (Lipinski definition) is 0. The first kappa shape index (κ1) is 18.7. The van der Waals surface area contributed by atoms with Crippen molar-refractivity contribution in [2.75, 3.05) is 49.2 Å². The summed E-state index contributed by atoms with van der Waals surface area (Å²) in [7, 11) is 0. The van der Waals surface area contributed by atoms with E-state index < -0.39 is 0 Å². The average molecular weight is 412 g/mol. The van der Waals surface area contributed by atoms with Gasteiger partial charge in [0.15, 0.2) is 5.65 Å². The number of ether oxygens (including phenoxy) is 2. The van der Waals surface area contributed by atoms with Crippen molar-refractivity contribution in [1.29, 1.82) is 0 Å². The number of morpholine rings is 2. The van der Waals surface area contributed by atoms with Crippen LogP contribution in [0.4, 0.5) is 11.8 Å². The number of rotatable bonds is 3. The molecule has 2 fully saturated rings. The first-order valence-electron chi connectivity index (χ1n) is 10.1. The maximum Gasteiger partial charge on any atom is 0.229 e. The summed E-state index contributed by atoms with van der Waals surface area (Å²) in [4.78, 5) is 19.3. The summed E-state index contributed by atoms with van der Waals surface area (Å²) in [6.07, 6.45) is 0.296. The predicted octanol–water partition coefficient (Wildman–Crippen LogP) is 3.20. The zero-order chi connectivity index (χ0) is 19.8. The van der Waals surface area contributed by atoms with Crippen molar-refractivity contribution in [3.63, 3.8) is 0 Å². The lowest BCUT2D eigenvalue weighted by molar-refractivity contribution is -0.00570. The normalized spacial score (nSPS) is 23.0. The summed E-state index contributed by atoms with van der Waals surface area (Å²) in [5.74, 6) is 1.68. The van der Waals surface area contributed by atoms with Gasteiger partial charge in [0, 0.05) is 37.1 Å². The molecule has 7 nitrogen and oxygen atoms in total.